The molecule has 0 aliphatic carbocycles. The van der Waals surface area contributed by atoms with E-state index < -0.39 is 11.4 Å². The van der Waals surface area contributed by atoms with Crippen molar-refractivity contribution in [2.24, 2.45) is 0 Å². The van der Waals surface area contributed by atoms with Crippen LogP contribution in [0.3, 0.4) is 0 Å². The van der Waals surface area contributed by atoms with Crippen molar-refractivity contribution in [1.82, 2.24) is 30.9 Å². The zero-order chi connectivity index (χ0) is 17.3. The SMILES string of the molecule is Fc1ccc(Br)c(OC2(c3nn[nH]n3)CCNCC2c2ncco2)c1. The molecule has 1 aromatic carbocycles. The maximum Gasteiger partial charge on any atom is 0.218 e. The molecule has 10 heteroatoms. The van der Waals surface area contributed by atoms with Gasteiger partial charge in [-0.15, -0.1) is 10.2 Å². The van der Waals surface area contributed by atoms with Crippen LogP contribution in [0.15, 0.2) is 39.5 Å². The standard InChI is InChI=1S/C15H14BrFN6O2/c16-11-2-1-9(17)7-12(11)25-15(14-20-22-23-21-14)3-4-18-8-10(15)13-19-5-6-24-13/h1-2,5-7,10,18H,3-4,8H2,(H,20,21,22,23). The number of rotatable bonds is 4. The molecule has 2 aromatic heterocycles. The van der Waals surface area contributed by atoms with Gasteiger partial charge in [-0.3, -0.25) is 0 Å². The van der Waals surface area contributed by atoms with Crippen molar-refractivity contribution < 1.29 is 13.5 Å². The Morgan fingerprint density at radius 1 is 1.40 bits per heavy atom. The quantitative estimate of drug-likeness (QED) is 0.681. The fourth-order valence-corrected chi connectivity index (χ4v) is 3.41. The Hall–Kier alpha value is -2.33. The molecule has 1 saturated heterocycles. The largest absolute Gasteiger partial charge is 0.477 e. The van der Waals surface area contributed by atoms with Gasteiger partial charge in [0.1, 0.15) is 17.8 Å². The van der Waals surface area contributed by atoms with E-state index in [4.69, 9.17) is 9.15 Å². The van der Waals surface area contributed by atoms with Crippen LogP contribution in [0.1, 0.15) is 24.1 Å². The Morgan fingerprint density at radius 2 is 2.32 bits per heavy atom. The lowest BCUT2D eigenvalue weighted by atomic mass is 9.80. The summed E-state index contributed by atoms with van der Waals surface area (Å²) in [7, 11) is 0. The monoisotopic (exact) mass is 408 g/mol. The van der Waals surface area contributed by atoms with Gasteiger partial charge in [0, 0.05) is 19.0 Å². The molecule has 2 N–H and O–H groups in total. The van der Waals surface area contributed by atoms with Crippen LogP contribution in [-0.2, 0) is 5.60 Å². The van der Waals surface area contributed by atoms with E-state index in [0.717, 1.165) is 0 Å². The van der Waals surface area contributed by atoms with E-state index in [1.165, 1.54) is 18.4 Å². The van der Waals surface area contributed by atoms with Gasteiger partial charge in [0.15, 0.2) is 5.60 Å². The van der Waals surface area contributed by atoms with Crippen molar-refractivity contribution in [3.05, 3.63) is 52.7 Å². The molecule has 4 rings (SSSR count). The molecule has 0 bridgehead atoms. The van der Waals surface area contributed by atoms with Crippen LogP contribution in [0.5, 0.6) is 5.75 Å². The third-order valence-corrected chi connectivity index (χ3v) is 4.90. The number of hydrogen-bond donors (Lipinski definition) is 2. The summed E-state index contributed by atoms with van der Waals surface area (Å²) in [5, 5.41) is 17.7. The van der Waals surface area contributed by atoms with Crippen LogP contribution in [0.25, 0.3) is 0 Å². The van der Waals surface area contributed by atoms with Crippen molar-refractivity contribution in [3.8, 4) is 5.75 Å². The van der Waals surface area contributed by atoms with Crippen LogP contribution in [0.4, 0.5) is 4.39 Å². The summed E-state index contributed by atoms with van der Waals surface area (Å²) in [6.07, 6.45) is 3.61. The lowest BCUT2D eigenvalue weighted by Crippen LogP contribution is -2.51. The first-order chi connectivity index (χ1) is 12.2. The summed E-state index contributed by atoms with van der Waals surface area (Å²) < 4.78 is 26.2. The minimum Gasteiger partial charge on any atom is -0.477 e. The van der Waals surface area contributed by atoms with Crippen molar-refractivity contribution in [2.75, 3.05) is 13.1 Å². The maximum atomic E-state index is 13.7. The first kappa shape index (κ1) is 16.2. The summed E-state index contributed by atoms with van der Waals surface area (Å²) in [6.45, 7) is 1.21. The lowest BCUT2D eigenvalue weighted by Gasteiger charge is -2.40. The molecule has 25 heavy (non-hydrogen) atoms. The van der Waals surface area contributed by atoms with Gasteiger partial charge in [-0.05, 0) is 34.6 Å². The van der Waals surface area contributed by atoms with E-state index in [1.54, 1.807) is 12.3 Å². The summed E-state index contributed by atoms with van der Waals surface area (Å²) in [5.74, 6) is 0.494. The van der Waals surface area contributed by atoms with Gasteiger partial charge in [-0.1, -0.05) is 5.21 Å². The van der Waals surface area contributed by atoms with Gasteiger partial charge in [0.2, 0.25) is 11.7 Å². The number of halogens is 2. The Balaban J connectivity index is 1.83. The molecule has 3 aromatic rings. The average Bonchev–Trinajstić information content (AvgIpc) is 3.32. The first-order valence-electron chi connectivity index (χ1n) is 7.67. The lowest BCUT2D eigenvalue weighted by molar-refractivity contribution is -0.00636. The number of tetrazole rings is 1. The number of benzene rings is 1. The molecule has 1 aliphatic heterocycles. The second kappa shape index (κ2) is 6.52. The topological polar surface area (TPSA) is 102 Å². The van der Waals surface area contributed by atoms with Crippen molar-refractivity contribution in [2.45, 2.75) is 17.9 Å². The predicted molar refractivity (Wildman–Crippen MR) is 87.3 cm³/mol. The summed E-state index contributed by atoms with van der Waals surface area (Å²) in [4.78, 5) is 4.27. The minimum atomic E-state index is -1.00. The Kier molecular flexibility index (Phi) is 4.22. The molecule has 0 spiro atoms. The van der Waals surface area contributed by atoms with Crippen LogP contribution >= 0.6 is 15.9 Å². The molecule has 2 unspecified atom stereocenters. The van der Waals surface area contributed by atoms with E-state index in [9.17, 15) is 4.39 Å². The number of ether oxygens (including phenoxy) is 1. The predicted octanol–water partition coefficient (Wildman–Crippen LogP) is 2.14. The van der Waals surface area contributed by atoms with E-state index >= 15 is 0 Å². The molecule has 2 atom stereocenters. The summed E-state index contributed by atoms with van der Waals surface area (Å²) >= 11 is 3.40. The first-order valence-corrected chi connectivity index (χ1v) is 8.46. The Labute approximate surface area is 150 Å². The smallest absolute Gasteiger partial charge is 0.218 e. The molecule has 8 nitrogen and oxygen atoms in total. The van der Waals surface area contributed by atoms with Gasteiger partial charge in [0.05, 0.1) is 16.6 Å². The Morgan fingerprint density at radius 3 is 3.08 bits per heavy atom. The molecular weight excluding hydrogens is 395 g/mol. The number of nitrogens with one attached hydrogen (secondary N) is 2. The molecule has 1 aliphatic rings. The number of oxazole rings is 1. The summed E-state index contributed by atoms with van der Waals surface area (Å²) in [6, 6.07) is 4.27. The van der Waals surface area contributed by atoms with Crippen molar-refractivity contribution in [1.29, 1.82) is 0 Å². The van der Waals surface area contributed by atoms with Crippen LogP contribution in [0, 0.1) is 5.82 Å². The molecule has 0 amide bonds. The zero-order valence-electron chi connectivity index (χ0n) is 12.9. The van der Waals surface area contributed by atoms with Crippen LogP contribution < -0.4 is 10.1 Å². The van der Waals surface area contributed by atoms with Gasteiger partial charge in [-0.25, -0.2) is 9.37 Å². The van der Waals surface area contributed by atoms with E-state index in [0.29, 0.717) is 41.4 Å². The van der Waals surface area contributed by atoms with Gasteiger partial charge in [-0.2, -0.15) is 5.21 Å². The van der Waals surface area contributed by atoms with E-state index in [-0.39, 0.29) is 5.92 Å². The van der Waals surface area contributed by atoms with Crippen molar-refractivity contribution in [3.63, 3.8) is 0 Å². The third-order valence-electron chi connectivity index (χ3n) is 4.24. The third kappa shape index (κ3) is 2.91. The fraction of sp³-hybridized carbons (Fsp3) is 0.333. The maximum absolute atomic E-state index is 13.7. The number of piperidine rings is 1. The van der Waals surface area contributed by atoms with Gasteiger partial charge >= 0.3 is 0 Å². The number of aromatic nitrogens is 5. The highest BCUT2D eigenvalue weighted by Gasteiger charge is 2.51. The second-order valence-corrected chi connectivity index (χ2v) is 6.53. The average molecular weight is 409 g/mol. The molecule has 0 saturated carbocycles. The highest BCUT2D eigenvalue weighted by atomic mass is 79.9. The van der Waals surface area contributed by atoms with Crippen LogP contribution in [-0.4, -0.2) is 38.7 Å². The minimum absolute atomic E-state index is 0.316. The van der Waals surface area contributed by atoms with Crippen LogP contribution in [0.2, 0.25) is 0 Å². The molecular formula is C15H14BrFN6O2. The van der Waals surface area contributed by atoms with Gasteiger partial charge < -0.3 is 14.5 Å². The summed E-state index contributed by atoms with van der Waals surface area (Å²) in [5.41, 5.74) is -1.00. The highest BCUT2D eigenvalue weighted by Crippen LogP contribution is 2.44. The second-order valence-electron chi connectivity index (χ2n) is 5.68. The van der Waals surface area contributed by atoms with E-state index in [2.05, 4.69) is 46.9 Å². The number of hydrogen-bond acceptors (Lipinski definition) is 7. The zero-order valence-corrected chi connectivity index (χ0v) is 14.5. The van der Waals surface area contributed by atoms with Crippen molar-refractivity contribution >= 4 is 15.9 Å². The molecule has 0 radical (unpaired) electrons. The molecule has 1 fully saturated rings. The van der Waals surface area contributed by atoms with Gasteiger partial charge in [0.25, 0.3) is 0 Å². The molecule has 3 heterocycles. The number of aromatic amines is 1. The molecule has 130 valence electrons. The number of nitrogens with zero attached hydrogens (tertiary/aromatic N) is 4. The number of H-pyrrole nitrogens is 1. The highest BCUT2D eigenvalue weighted by molar-refractivity contribution is 9.10. The normalized spacial score (nSPS) is 23.5. The van der Waals surface area contributed by atoms with E-state index in [1.807, 2.05) is 0 Å². The Bertz CT molecular complexity index is 844. The fourth-order valence-electron chi connectivity index (χ4n) is 3.08.